The number of aromatic nitrogens is 2. The zero-order valence-electron chi connectivity index (χ0n) is 10.8. The SMILES string of the molecule is CCn1cc(NC(=O)c2ccc(F)cc2)c(C(N)=O)n1. The van der Waals surface area contributed by atoms with Crippen LogP contribution in [0.15, 0.2) is 30.5 Å². The molecule has 0 spiro atoms. The van der Waals surface area contributed by atoms with Gasteiger partial charge in [-0.1, -0.05) is 0 Å². The van der Waals surface area contributed by atoms with Gasteiger partial charge in [0.05, 0.1) is 5.69 Å². The van der Waals surface area contributed by atoms with E-state index in [4.69, 9.17) is 5.73 Å². The monoisotopic (exact) mass is 276 g/mol. The molecule has 3 N–H and O–H groups in total. The van der Waals surface area contributed by atoms with Gasteiger partial charge in [0.15, 0.2) is 5.69 Å². The molecule has 0 aliphatic heterocycles. The molecule has 0 radical (unpaired) electrons. The summed E-state index contributed by atoms with van der Waals surface area (Å²) in [4.78, 5) is 23.2. The van der Waals surface area contributed by atoms with Crippen molar-refractivity contribution in [2.24, 2.45) is 5.73 Å². The first-order chi connectivity index (χ1) is 9.51. The normalized spacial score (nSPS) is 10.3. The van der Waals surface area contributed by atoms with Crippen molar-refractivity contribution < 1.29 is 14.0 Å². The summed E-state index contributed by atoms with van der Waals surface area (Å²) in [5.41, 5.74) is 5.69. The summed E-state index contributed by atoms with van der Waals surface area (Å²) in [7, 11) is 0. The Morgan fingerprint density at radius 3 is 2.55 bits per heavy atom. The van der Waals surface area contributed by atoms with Gasteiger partial charge in [-0.15, -0.1) is 0 Å². The number of nitrogens with one attached hydrogen (secondary N) is 1. The number of carbonyl (C=O) groups is 2. The molecule has 0 bridgehead atoms. The minimum atomic E-state index is -0.730. The van der Waals surface area contributed by atoms with E-state index in [1.165, 1.54) is 35.1 Å². The van der Waals surface area contributed by atoms with Gasteiger partial charge >= 0.3 is 0 Å². The van der Waals surface area contributed by atoms with Crippen molar-refractivity contribution in [3.05, 3.63) is 47.5 Å². The van der Waals surface area contributed by atoms with Crippen molar-refractivity contribution in [2.75, 3.05) is 5.32 Å². The van der Waals surface area contributed by atoms with Gasteiger partial charge in [0.25, 0.3) is 11.8 Å². The predicted octanol–water partition coefficient (Wildman–Crippen LogP) is 1.39. The third-order valence-corrected chi connectivity index (χ3v) is 2.67. The largest absolute Gasteiger partial charge is 0.364 e. The van der Waals surface area contributed by atoms with Crippen molar-refractivity contribution in [2.45, 2.75) is 13.5 Å². The zero-order valence-corrected chi connectivity index (χ0v) is 10.8. The van der Waals surface area contributed by atoms with Gasteiger partial charge in [0.2, 0.25) is 0 Å². The molecule has 0 aliphatic rings. The highest BCUT2D eigenvalue weighted by atomic mass is 19.1. The second-order valence-electron chi connectivity index (χ2n) is 4.07. The molecule has 1 aromatic carbocycles. The quantitative estimate of drug-likeness (QED) is 0.884. The van der Waals surface area contributed by atoms with Crippen LogP contribution in [-0.2, 0) is 6.54 Å². The second-order valence-corrected chi connectivity index (χ2v) is 4.07. The van der Waals surface area contributed by atoms with Gasteiger partial charge in [-0.05, 0) is 31.2 Å². The fourth-order valence-corrected chi connectivity index (χ4v) is 1.65. The number of halogens is 1. The lowest BCUT2D eigenvalue weighted by atomic mass is 10.2. The first-order valence-corrected chi connectivity index (χ1v) is 5.95. The number of primary amides is 1. The number of rotatable bonds is 4. The summed E-state index contributed by atoms with van der Waals surface area (Å²) in [6.07, 6.45) is 1.52. The van der Waals surface area contributed by atoms with Gasteiger partial charge in [0.1, 0.15) is 5.82 Å². The molecule has 2 aromatic rings. The highest BCUT2D eigenvalue weighted by Crippen LogP contribution is 2.15. The average molecular weight is 276 g/mol. The molecule has 0 saturated carbocycles. The highest BCUT2D eigenvalue weighted by Gasteiger charge is 2.16. The molecule has 104 valence electrons. The van der Waals surface area contributed by atoms with E-state index in [9.17, 15) is 14.0 Å². The van der Waals surface area contributed by atoms with Gasteiger partial charge < -0.3 is 11.1 Å². The van der Waals surface area contributed by atoms with Crippen LogP contribution in [0.1, 0.15) is 27.8 Å². The zero-order chi connectivity index (χ0) is 14.7. The number of aryl methyl sites for hydroxylation is 1. The average Bonchev–Trinajstić information content (AvgIpc) is 2.82. The van der Waals surface area contributed by atoms with Gasteiger partial charge in [-0.3, -0.25) is 14.3 Å². The summed E-state index contributed by atoms with van der Waals surface area (Å²) < 4.78 is 14.3. The number of benzene rings is 1. The Kier molecular flexibility index (Phi) is 3.79. The number of nitrogens with two attached hydrogens (primary N) is 1. The summed E-state index contributed by atoms with van der Waals surface area (Å²) in [5.74, 6) is -1.63. The Morgan fingerprint density at radius 1 is 1.35 bits per heavy atom. The van der Waals surface area contributed by atoms with Crippen LogP contribution in [0.4, 0.5) is 10.1 Å². The number of anilines is 1. The van der Waals surface area contributed by atoms with Crippen LogP contribution in [0.25, 0.3) is 0 Å². The lowest BCUT2D eigenvalue weighted by Gasteiger charge is -2.03. The fourth-order valence-electron chi connectivity index (χ4n) is 1.65. The summed E-state index contributed by atoms with van der Waals surface area (Å²) in [5, 5.41) is 6.49. The molecular formula is C13H13FN4O2. The molecule has 1 aromatic heterocycles. The first kappa shape index (κ1) is 13.7. The van der Waals surface area contributed by atoms with Crippen LogP contribution in [0, 0.1) is 5.82 Å². The van der Waals surface area contributed by atoms with E-state index in [-0.39, 0.29) is 16.9 Å². The van der Waals surface area contributed by atoms with Crippen molar-refractivity contribution in [3.63, 3.8) is 0 Å². The standard InChI is InChI=1S/C13H13FN4O2/c1-2-18-7-10(11(17-18)12(15)19)16-13(20)8-3-5-9(14)6-4-8/h3-7H,2H2,1H3,(H2,15,19)(H,16,20). The third kappa shape index (κ3) is 2.82. The van der Waals surface area contributed by atoms with Crippen LogP contribution < -0.4 is 11.1 Å². The molecule has 2 amide bonds. The van der Waals surface area contributed by atoms with E-state index in [1.54, 1.807) is 0 Å². The van der Waals surface area contributed by atoms with Crippen molar-refractivity contribution in [3.8, 4) is 0 Å². The Bertz CT molecular complexity index is 649. The van der Waals surface area contributed by atoms with E-state index >= 15 is 0 Å². The summed E-state index contributed by atoms with van der Waals surface area (Å²) in [6.45, 7) is 2.37. The summed E-state index contributed by atoms with van der Waals surface area (Å²) in [6, 6.07) is 5.05. The van der Waals surface area contributed by atoms with E-state index in [2.05, 4.69) is 10.4 Å². The van der Waals surface area contributed by atoms with Crippen molar-refractivity contribution in [1.29, 1.82) is 0 Å². The van der Waals surface area contributed by atoms with Gasteiger partial charge in [-0.2, -0.15) is 5.10 Å². The molecule has 0 saturated heterocycles. The number of hydrogen-bond acceptors (Lipinski definition) is 3. The van der Waals surface area contributed by atoms with Crippen LogP contribution in [-0.4, -0.2) is 21.6 Å². The van der Waals surface area contributed by atoms with Crippen molar-refractivity contribution >= 4 is 17.5 Å². The molecule has 2 rings (SSSR count). The number of carbonyl (C=O) groups excluding carboxylic acids is 2. The maximum Gasteiger partial charge on any atom is 0.271 e. The highest BCUT2D eigenvalue weighted by molar-refractivity contribution is 6.07. The van der Waals surface area contributed by atoms with Crippen LogP contribution in [0.3, 0.4) is 0 Å². The number of amides is 2. The number of hydrogen-bond donors (Lipinski definition) is 2. The molecule has 0 unspecified atom stereocenters. The van der Waals surface area contributed by atoms with Gasteiger partial charge in [0, 0.05) is 18.3 Å². The Hall–Kier alpha value is -2.70. The van der Waals surface area contributed by atoms with Crippen LogP contribution >= 0.6 is 0 Å². The molecular weight excluding hydrogens is 263 g/mol. The smallest absolute Gasteiger partial charge is 0.271 e. The lowest BCUT2D eigenvalue weighted by Crippen LogP contribution is -2.17. The first-order valence-electron chi connectivity index (χ1n) is 5.95. The number of nitrogens with zero attached hydrogens (tertiary/aromatic N) is 2. The van der Waals surface area contributed by atoms with E-state index in [0.717, 1.165) is 0 Å². The Balaban J connectivity index is 2.25. The molecule has 20 heavy (non-hydrogen) atoms. The summed E-state index contributed by atoms with van der Waals surface area (Å²) >= 11 is 0. The molecule has 1 heterocycles. The predicted molar refractivity (Wildman–Crippen MR) is 70.8 cm³/mol. The van der Waals surface area contributed by atoms with Crippen LogP contribution in [0.2, 0.25) is 0 Å². The topological polar surface area (TPSA) is 90.0 Å². The molecule has 6 nitrogen and oxygen atoms in total. The lowest BCUT2D eigenvalue weighted by molar-refractivity contribution is 0.0995. The minimum absolute atomic E-state index is 0.0117. The molecule has 0 aliphatic carbocycles. The molecule has 0 atom stereocenters. The Labute approximate surface area is 114 Å². The maximum absolute atomic E-state index is 12.8. The van der Waals surface area contributed by atoms with Crippen molar-refractivity contribution in [1.82, 2.24) is 9.78 Å². The fraction of sp³-hybridized carbons (Fsp3) is 0.154. The van der Waals surface area contributed by atoms with Crippen LogP contribution in [0.5, 0.6) is 0 Å². The Morgan fingerprint density at radius 2 is 2.00 bits per heavy atom. The maximum atomic E-state index is 12.8. The van der Waals surface area contributed by atoms with E-state index < -0.39 is 17.6 Å². The second kappa shape index (κ2) is 5.52. The minimum Gasteiger partial charge on any atom is -0.364 e. The van der Waals surface area contributed by atoms with E-state index in [1.807, 2.05) is 6.92 Å². The third-order valence-electron chi connectivity index (χ3n) is 2.67. The molecule has 7 heteroatoms. The molecule has 0 fully saturated rings. The van der Waals surface area contributed by atoms with E-state index in [0.29, 0.717) is 6.54 Å². The van der Waals surface area contributed by atoms with Gasteiger partial charge in [-0.25, -0.2) is 4.39 Å².